The minimum absolute atomic E-state index is 0.0412. The minimum Gasteiger partial charge on any atom is -0.370 e. The summed E-state index contributed by atoms with van der Waals surface area (Å²) in [6.45, 7) is 7.98. The molecule has 1 aromatic heterocycles. The molecule has 1 fully saturated rings. The highest BCUT2D eigenvalue weighted by molar-refractivity contribution is 4.97. The summed E-state index contributed by atoms with van der Waals surface area (Å²) in [6, 6.07) is 0.482. The van der Waals surface area contributed by atoms with Gasteiger partial charge in [-0.25, -0.2) is 0 Å². The van der Waals surface area contributed by atoms with Gasteiger partial charge in [-0.2, -0.15) is 4.98 Å². The first-order chi connectivity index (χ1) is 9.78. The maximum Gasteiger partial charge on any atom is 0.228 e. The summed E-state index contributed by atoms with van der Waals surface area (Å²) in [4.78, 5) is 4.52. The van der Waals surface area contributed by atoms with Crippen LogP contribution in [-0.4, -0.2) is 29.3 Å². The van der Waals surface area contributed by atoms with Gasteiger partial charge in [0.2, 0.25) is 11.7 Å². The number of ether oxygens (including phenoxy) is 1. The molecule has 1 saturated carbocycles. The SMILES string of the molecule is CCCNC(Cc1nc(C(CC)OCC)no1)C1CC1. The molecule has 0 spiro atoms. The fourth-order valence-corrected chi connectivity index (χ4v) is 2.48. The normalized spacial score (nSPS) is 18.1. The van der Waals surface area contributed by atoms with E-state index in [0.717, 1.165) is 37.6 Å². The van der Waals surface area contributed by atoms with Crippen molar-refractivity contribution in [3.63, 3.8) is 0 Å². The van der Waals surface area contributed by atoms with Crippen molar-refractivity contribution in [2.45, 2.75) is 65.0 Å². The molecule has 2 rings (SSSR count). The highest BCUT2D eigenvalue weighted by Crippen LogP contribution is 2.34. The van der Waals surface area contributed by atoms with Gasteiger partial charge in [0.05, 0.1) is 0 Å². The third-order valence-corrected chi connectivity index (χ3v) is 3.75. The van der Waals surface area contributed by atoms with Crippen molar-refractivity contribution in [3.8, 4) is 0 Å². The standard InChI is InChI=1S/C15H27N3O2/c1-4-9-16-12(11-7-8-11)10-14-17-15(18-20-14)13(5-2)19-6-3/h11-13,16H,4-10H2,1-3H3. The lowest BCUT2D eigenvalue weighted by molar-refractivity contribution is 0.0518. The van der Waals surface area contributed by atoms with Crippen molar-refractivity contribution >= 4 is 0 Å². The van der Waals surface area contributed by atoms with Gasteiger partial charge in [-0.05, 0) is 45.1 Å². The van der Waals surface area contributed by atoms with E-state index in [2.05, 4.69) is 29.3 Å². The Labute approximate surface area is 121 Å². The van der Waals surface area contributed by atoms with E-state index in [1.807, 2.05) is 6.92 Å². The van der Waals surface area contributed by atoms with Crippen LogP contribution in [0.15, 0.2) is 4.52 Å². The molecule has 1 aromatic rings. The zero-order chi connectivity index (χ0) is 14.4. The summed E-state index contributed by atoms with van der Waals surface area (Å²) in [6.07, 6.45) is 5.45. The zero-order valence-corrected chi connectivity index (χ0v) is 12.9. The van der Waals surface area contributed by atoms with Crippen LogP contribution in [0.1, 0.15) is 64.3 Å². The van der Waals surface area contributed by atoms with Crippen LogP contribution in [0, 0.1) is 5.92 Å². The topological polar surface area (TPSA) is 60.2 Å². The molecule has 0 aliphatic heterocycles. The molecular weight excluding hydrogens is 254 g/mol. The van der Waals surface area contributed by atoms with Crippen LogP contribution in [0.5, 0.6) is 0 Å². The summed E-state index contributed by atoms with van der Waals surface area (Å²) < 4.78 is 11.0. The Bertz CT molecular complexity index is 390. The summed E-state index contributed by atoms with van der Waals surface area (Å²) in [5.41, 5.74) is 0. The lowest BCUT2D eigenvalue weighted by Crippen LogP contribution is -2.33. The van der Waals surface area contributed by atoms with Crippen LogP contribution < -0.4 is 5.32 Å². The van der Waals surface area contributed by atoms with Gasteiger partial charge in [-0.15, -0.1) is 0 Å². The average molecular weight is 281 g/mol. The zero-order valence-electron chi connectivity index (χ0n) is 12.9. The highest BCUT2D eigenvalue weighted by Gasteiger charge is 2.32. The molecule has 0 aromatic carbocycles. The van der Waals surface area contributed by atoms with Crippen LogP contribution in [0.3, 0.4) is 0 Å². The highest BCUT2D eigenvalue weighted by atomic mass is 16.5. The van der Waals surface area contributed by atoms with E-state index in [1.54, 1.807) is 0 Å². The second-order valence-corrected chi connectivity index (χ2v) is 5.50. The summed E-state index contributed by atoms with van der Waals surface area (Å²) in [5, 5.41) is 7.68. The molecule has 0 radical (unpaired) electrons. The average Bonchev–Trinajstić information content (AvgIpc) is 3.21. The Balaban J connectivity index is 1.93. The molecule has 1 aliphatic carbocycles. The molecule has 2 atom stereocenters. The van der Waals surface area contributed by atoms with E-state index < -0.39 is 0 Å². The van der Waals surface area contributed by atoms with E-state index in [9.17, 15) is 0 Å². The summed E-state index contributed by atoms with van der Waals surface area (Å²) in [5.74, 6) is 2.21. The van der Waals surface area contributed by atoms with Gasteiger partial charge in [-0.3, -0.25) is 0 Å². The van der Waals surface area contributed by atoms with Crippen molar-refractivity contribution in [1.29, 1.82) is 0 Å². The van der Waals surface area contributed by atoms with Crippen molar-refractivity contribution in [3.05, 3.63) is 11.7 Å². The predicted molar refractivity (Wildman–Crippen MR) is 77.5 cm³/mol. The van der Waals surface area contributed by atoms with Gasteiger partial charge in [0.15, 0.2) is 0 Å². The molecule has 0 amide bonds. The molecule has 114 valence electrons. The Morgan fingerprint density at radius 1 is 1.35 bits per heavy atom. The first kappa shape index (κ1) is 15.4. The molecule has 1 N–H and O–H groups in total. The Morgan fingerprint density at radius 3 is 2.75 bits per heavy atom. The first-order valence-electron chi connectivity index (χ1n) is 7.95. The van der Waals surface area contributed by atoms with Crippen LogP contribution >= 0.6 is 0 Å². The van der Waals surface area contributed by atoms with E-state index in [4.69, 9.17) is 9.26 Å². The van der Waals surface area contributed by atoms with Crippen LogP contribution in [0.25, 0.3) is 0 Å². The smallest absolute Gasteiger partial charge is 0.228 e. The number of rotatable bonds is 10. The van der Waals surface area contributed by atoms with Gasteiger partial charge >= 0.3 is 0 Å². The predicted octanol–water partition coefficient (Wildman–Crippen LogP) is 2.88. The van der Waals surface area contributed by atoms with E-state index in [-0.39, 0.29) is 6.10 Å². The minimum atomic E-state index is -0.0412. The maximum atomic E-state index is 5.62. The third-order valence-electron chi connectivity index (χ3n) is 3.75. The summed E-state index contributed by atoms with van der Waals surface area (Å²) >= 11 is 0. The van der Waals surface area contributed by atoms with Crippen molar-refractivity contribution in [2.24, 2.45) is 5.92 Å². The third kappa shape index (κ3) is 4.28. The van der Waals surface area contributed by atoms with Crippen molar-refractivity contribution in [1.82, 2.24) is 15.5 Å². The Hall–Kier alpha value is -0.940. The fraction of sp³-hybridized carbons (Fsp3) is 0.867. The number of nitrogens with zero attached hydrogens (tertiary/aromatic N) is 2. The number of hydrogen-bond donors (Lipinski definition) is 1. The van der Waals surface area contributed by atoms with Crippen LogP contribution in [0.2, 0.25) is 0 Å². The van der Waals surface area contributed by atoms with Gasteiger partial charge in [0.25, 0.3) is 0 Å². The molecule has 1 heterocycles. The largest absolute Gasteiger partial charge is 0.370 e. The monoisotopic (exact) mass is 281 g/mol. The van der Waals surface area contributed by atoms with E-state index in [0.29, 0.717) is 18.5 Å². The van der Waals surface area contributed by atoms with E-state index in [1.165, 1.54) is 12.8 Å². The van der Waals surface area contributed by atoms with Crippen LogP contribution in [-0.2, 0) is 11.2 Å². The van der Waals surface area contributed by atoms with Crippen molar-refractivity contribution < 1.29 is 9.26 Å². The van der Waals surface area contributed by atoms with Gasteiger partial charge in [0.1, 0.15) is 6.10 Å². The molecule has 0 saturated heterocycles. The lowest BCUT2D eigenvalue weighted by atomic mass is 10.1. The van der Waals surface area contributed by atoms with Crippen molar-refractivity contribution in [2.75, 3.05) is 13.2 Å². The fourth-order valence-electron chi connectivity index (χ4n) is 2.48. The Kier molecular flexibility index (Phi) is 5.98. The summed E-state index contributed by atoms with van der Waals surface area (Å²) in [7, 11) is 0. The lowest BCUT2D eigenvalue weighted by Gasteiger charge is -2.15. The molecular formula is C15H27N3O2. The molecule has 0 bridgehead atoms. The number of nitrogens with one attached hydrogen (secondary N) is 1. The van der Waals surface area contributed by atoms with Gasteiger partial charge in [-0.1, -0.05) is 19.0 Å². The maximum absolute atomic E-state index is 5.62. The van der Waals surface area contributed by atoms with Gasteiger partial charge < -0.3 is 14.6 Å². The Morgan fingerprint density at radius 2 is 2.15 bits per heavy atom. The quantitative estimate of drug-likeness (QED) is 0.714. The molecule has 20 heavy (non-hydrogen) atoms. The van der Waals surface area contributed by atoms with E-state index >= 15 is 0 Å². The molecule has 5 heteroatoms. The van der Waals surface area contributed by atoms with Crippen LogP contribution in [0.4, 0.5) is 0 Å². The molecule has 1 aliphatic rings. The first-order valence-corrected chi connectivity index (χ1v) is 7.95. The molecule has 2 unspecified atom stereocenters. The second-order valence-electron chi connectivity index (χ2n) is 5.50. The second kappa shape index (κ2) is 7.74. The van der Waals surface area contributed by atoms with Gasteiger partial charge in [0, 0.05) is 19.1 Å². The number of hydrogen-bond acceptors (Lipinski definition) is 5. The number of aromatic nitrogens is 2. The molecule has 5 nitrogen and oxygen atoms in total.